The summed E-state index contributed by atoms with van der Waals surface area (Å²) in [4.78, 5) is 0. The molecule has 0 aliphatic carbocycles. The summed E-state index contributed by atoms with van der Waals surface area (Å²) < 4.78 is 38.5. The summed E-state index contributed by atoms with van der Waals surface area (Å²) in [6, 6.07) is 9.67. The summed E-state index contributed by atoms with van der Waals surface area (Å²) in [6.07, 6.45) is -0.523. The topological polar surface area (TPSA) is 85.5 Å². The number of ether oxygens (including phenoxy) is 1. The van der Waals surface area contributed by atoms with E-state index in [0.717, 1.165) is 5.56 Å². The van der Waals surface area contributed by atoms with Crippen molar-refractivity contribution in [3.05, 3.63) is 47.7 Å². The van der Waals surface area contributed by atoms with Crippen molar-refractivity contribution in [2.24, 2.45) is 0 Å². The quantitative estimate of drug-likeness (QED) is 0.767. The number of hydrogen-bond acceptors (Lipinski definition) is 6. The lowest BCUT2D eigenvalue weighted by molar-refractivity contribution is -0.0179. The van der Waals surface area contributed by atoms with Gasteiger partial charge in [-0.05, 0) is 11.5 Å². The SMILES string of the molecule is CC(C)c1nnc(C2CN(S(=O)(=O)CC(C)c3ccccc3)CCO2)o1. The monoisotopic (exact) mass is 379 g/mol. The number of benzene rings is 1. The van der Waals surface area contributed by atoms with Gasteiger partial charge in [-0.25, -0.2) is 8.42 Å². The second-order valence-corrected chi connectivity index (χ2v) is 8.95. The molecular formula is C18H25N3O4S. The van der Waals surface area contributed by atoms with Crippen LogP contribution in [0.3, 0.4) is 0 Å². The van der Waals surface area contributed by atoms with Gasteiger partial charge < -0.3 is 9.15 Å². The molecule has 3 rings (SSSR count). The Morgan fingerprint density at radius 2 is 1.92 bits per heavy atom. The molecule has 1 saturated heterocycles. The molecule has 0 spiro atoms. The molecule has 2 unspecified atom stereocenters. The maximum atomic E-state index is 12.9. The largest absolute Gasteiger partial charge is 0.422 e. The molecule has 8 heteroatoms. The fourth-order valence-electron chi connectivity index (χ4n) is 2.94. The lowest BCUT2D eigenvalue weighted by Crippen LogP contribution is -2.44. The Balaban J connectivity index is 1.69. The average molecular weight is 379 g/mol. The van der Waals surface area contributed by atoms with Crippen LogP contribution in [0.5, 0.6) is 0 Å². The fourth-order valence-corrected chi connectivity index (χ4v) is 4.69. The van der Waals surface area contributed by atoms with Crippen molar-refractivity contribution in [3.8, 4) is 0 Å². The lowest BCUT2D eigenvalue weighted by atomic mass is 10.0. The molecule has 0 bridgehead atoms. The van der Waals surface area contributed by atoms with Crippen LogP contribution in [-0.2, 0) is 14.8 Å². The molecule has 7 nitrogen and oxygen atoms in total. The van der Waals surface area contributed by atoms with Crippen LogP contribution in [0.25, 0.3) is 0 Å². The van der Waals surface area contributed by atoms with Crippen LogP contribution in [0.2, 0.25) is 0 Å². The molecule has 1 aromatic carbocycles. The maximum Gasteiger partial charge on any atom is 0.246 e. The third-order valence-electron chi connectivity index (χ3n) is 4.48. The van der Waals surface area contributed by atoms with Crippen molar-refractivity contribution in [2.75, 3.05) is 25.4 Å². The lowest BCUT2D eigenvalue weighted by Gasteiger charge is -2.31. The predicted molar refractivity (Wildman–Crippen MR) is 97.3 cm³/mol. The highest BCUT2D eigenvalue weighted by atomic mass is 32.2. The first kappa shape index (κ1) is 19.0. The first-order chi connectivity index (χ1) is 12.4. The molecule has 2 heterocycles. The smallest absolute Gasteiger partial charge is 0.246 e. The van der Waals surface area contributed by atoms with Crippen molar-refractivity contribution in [3.63, 3.8) is 0 Å². The third-order valence-corrected chi connectivity index (χ3v) is 6.52. The summed E-state index contributed by atoms with van der Waals surface area (Å²) >= 11 is 0. The standard InChI is InChI=1S/C18H25N3O4S/c1-13(2)17-19-20-18(25-17)16-11-21(9-10-24-16)26(22,23)12-14(3)15-7-5-4-6-8-15/h4-8,13-14,16H,9-12H2,1-3H3. The molecule has 26 heavy (non-hydrogen) atoms. The van der Waals surface area contributed by atoms with Gasteiger partial charge in [-0.2, -0.15) is 4.31 Å². The van der Waals surface area contributed by atoms with Crippen LogP contribution in [0, 0.1) is 0 Å². The van der Waals surface area contributed by atoms with E-state index in [-0.39, 0.29) is 24.1 Å². The minimum Gasteiger partial charge on any atom is -0.422 e. The van der Waals surface area contributed by atoms with Gasteiger partial charge in [0.2, 0.25) is 21.8 Å². The molecule has 1 aromatic heterocycles. The fraction of sp³-hybridized carbons (Fsp3) is 0.556. The Bertz CT molecular complexity index is 820. The molecule has 1 fully saturated rings. The first-order valence-electron chi connectivity index (χ1n) is 8.84. The van der Waals surface area contributed by atoms with Crippen LogP contribution < -0.4 is 0 Å². The van der Waals surface area contributed by atoms with E-state index >= 15 is 0 Å². The van der Waals surface area contributed by atoms with Crippen molar-refractivity contribution >= 4 is 10.0 Å². The van der Waals surface area contributed by atoms with Gasteiger partial charge in [0.05, 0.1) is 12.4 Å². The van der Waals surface area contributed by atoms with Gasteiger partial charge in [0.1, 0.15) is 6.10 Å². The molecule has 2 atom stereocenters. The number of sulfonamides is 1. The molecule has 0 N–H and O–H groups in total. The molecule has 0 radical (unpaired) electrons. The number of morpholine rings is 1. The summed E-state index contributed by atoms with van der Waals surface area (Å²) in [7, 11) is -3.42. The number of hydrogen-bond donors (Lipinski definition) is 0. The van der Waals surface area contributed by atoms with E-state index in [2.05, 4.69) is 10.2 Å². The van der Waals surface area contributed by atoms with E-state index < -0.39 is 16.1 Å². The molecule has 1 aliphatic heterocycles. The summed E-state index contributed by atoms with van der Waals surface area (Å²) in [6.45, 7) is 6.69. The highest BCUT2D eigenvalue weighted by molar-refractivity contribution is 7.89. The Hall–Kier alpha value is -1.77. The second-order valence-electron chi connectivity index (χ2n) is 6.94. The number of aromatic nitrogens is 2. The zero-order valence-corrected chi connectivity index (χ0v) is 16.1. The van der Waals surface area contributed by atoms with Crippen molar-refractivity contribution in [1.29, 1.82) is 0 Å². The minimum atomic E-state index is -3.42. The van der Waals surface area contributed by atoms with Crippen molar-refractivity contribution < 1.29 is 17.6 Å². The van der Waals surface area contributed by atoms with Crippen LogP contribution in [0.1, 0.15) is 56.1 Å². The van der Waals surface area contributed by atoms with E-state index in [1.807, 2.05) is 51.1 Å². The van der Waals surface area contributed by atoms with E-state index in [9.17, 15) is 8.42 Å². The normalized spacial score (nSPS) is 20.4. The summed E-state index contributed by atoms with van der Waals surface area (Å²) in [5.41, 5.74) is 1.01. The van der Waals surface area contributed by atoms with E-state index in [0.29, 0.717) is 24.9 Å². The third kappa shape index (κ3) is 4.31. The highest BCUT2D eigenvalue weighted by Crippen LogP contribution is 2.26. The van der Waals surface area contributed by atoms with Gasteiger partial charge in [0, 0.05) is 19.0 Å². The Labute approximate surface area is 154 Å². The second kappa shape index (κ2) is 7.85. The predicted octanol–water partition coefficient (Wildman–Crippen LogP) is 2.70. The van der Waals surface area contributed by atoms with Gasteiger partial charge in [0.25, 0.3) is 0 Å². The molecule has 142 valence electrons. The number of nitrogens with zero attached hydrogens (tertiary/aromatic N) is 3. The zero-order valence-electron chi connectivity index (χ0n) is 15.3. The van der Waals surface area contributed by atoms with Gasteiger partial charge in [-0.15, -0.1) is 10.2 Å². The molecule has 0 amide bonds. The molecular weight excluding hydrogens is 354 g/mol. The Morgan fingerprint density at radius 1 is 1.19 bits per heavy atom. The highest BCUT2D eigenvalue weighted by Gasteiger charge is 2.34. The van der Waals surface area contributed by atoms with Crippen LogP contribution in [0.15, 0.2) is 34.7 Å². The van der Waals surface area contributed by atoms with Crippen LogP contribution in [-0.4, -0.2) is 48.4 Å². The van der Waals surface area contributed by atoms with Gasteiger partial charge in [-0.1, -0.05) is 51.1 Å². The molecule has 2 aromatic rings. The molecule has 1 aliphatic rings. The number of rotatable bonds is 6. The van der Waals surface area contributed by atoms with Gasteiger partial charge >= 0.3 is 0 Å². The van der Waals surface area contributed by atoms with Crippen molar-refractivity contribution in [2.45, 2.75) is 38.7 Å². The Morgan fingerprint density at radius 3 is 2.58 bits per heavy atom. The van der Waals surface area contributed by atoms with E-state index in [1.54, 1.807) is 0 Å². The van der Waals surface area contributed by atoms with E-state index in [1.165, 1.54) is 4.31 Å². The Kier molecular flexibility index (Phi) is 5.74. The van der Waals surface area contributed by atoms with Crippen molar-refractivity contribution in [1.82, 2.24) is 14.5 Å². The van der Waals surface area contributed by atoms with E-state index in [4.69, 9.17) is 9.15 Å². The van der Waals surface area contributed by atoms with Gasteiger partial charge in [0.15, 0.2) is 0 Å². The van der Waals surface area contributed by atoms with Crippen LogP contribution in [0.4, 0.5) is 0 Å². The minimum absolute atomic E-state index is 0.0603. The summed E-state index contributed by atoms with van der Waals surface area (Å²) in [5, 5.41) is 8.02. The first-order valence-corrected chi connectivity index (χ1v) is 10.5. The van der Waals surface area contributed by atoms with Crippen LogP contribution >= 0.6 is 0 Å². The van der Waals surface area contributed by atoms with Gasteiger partial charge in [-0.3, -0.25) is 0 Å². The zero-order chi connectivity index (χ0) is 18.7. The maximum absolute atomic E-state index is 12.9. The molecule has 0 saturated carbocycles. The average Bonchev–Trinajstić information content (AvgIpc) is 3.13. The summed E-state index contributed by atoms with van der Waals surface area (Å²) in [5.74, 6) is 0.959.